The average molecular weight is 340 g/mol. The van der Waals surface area contributed by atoms with Crippen molar-refractivity contribution in [2.24, 2.45) is 0 Å². The van der Waals surface area contributed by atoms with Gasteiger partial charge < -0.3 is 10.1 Å². The van der Waals surface area contributed by atoms with Gasteiger partial charge in [0.25, 0.3) is 5.91 Å². The van der Waals surface area contributed by atoms with Crippen molar-refractivity contribution in [1.82, 2.24) is 10.3 Å². The van der Waals surface area contributed by atoms with Crippen molar-refractivity contribution >= 4 is 11.9 Å². The van der Waals surface area contributed by atoms with E-state index in [0.29, 0.717) is 17.7 Å². The van der Waals surface area contributed by atoms with E-state index in [1.807, 2.05) is 31.2 Å². The number of ether oxygens (including phenoxy) is 1. The van der Waals surface area contributed by atoms with Gasteiger partial charge in [-0.15, -0.1) is 0 Å². The molecule has 0 fully saturated rings. The Morgan fingerprint density at radius 2 is 1.84 bits per heavy atom. The number of amides is 1. The lowest BCUT2D eigenvalue weighted by Gasteiger charge is -2.20. The minimum absolute atomic E-state index is 0.203. The predicted octanol–water partition coefficient (Wildman–Crippen LogP) is 3.30. The molecule has 0 aliphatic carbocycles. The van der Waals surface area contributed by atoms with Crippen molar-refractivity contribution in [3.8, 4) is 0 Å². The molecule has 1 heterocycles. The van der Waals surface area contributed by atoms with Gasteiger partial charge in [-0.05, 0) is 51.0 Å². The molecule has 0 aliphatic rings. The first kappa shape index (κ1) is 18.6. The van der Waals surface area contributed by atoms with Crippen LogP contribution in [0, 0.1) is 6.92 Å². The fraction of sp³-hybridized carbons (Fsp3) is 0.350. The number of esters is 1. The van der Waals surface area contributed by atoms with E-state index in [1.165, 1.54) is 13.1 Å². The van der Waals surface area contributed by atoms with Gasteiger partial charge in [-0.1, -0.05) is 24.3 Å². The van der Waals surface area contributed by atoms with Gasteiger partial charge in [-0.2, -0.15) is 0 Å². The maximum absolute atomic E-state index is 12.4. The number of benzene rings is 1. The van der Waals surface area contributed by atoms with E-state index < -0.39 is 11.6 Å². The highest BCUT2D eigenvalue weighted by Crippen LogP contribution is 2.17. The van der Waals surface area contributed by atoms with Crippen LogP contribution in [0.1, 0.15) is 58.4 Å². The Morgan fingerprint density at radius 3 is 2.44 bits per heavy atom. The van der Waals surface area contributed by atoms with E-state index in [-0.39, 0.29) is 11.6 Å². The zero-order valence-corrected chi connectivity index (χ0v) is 15.3. The standard InChI is InChI=1S/C20H24N2O3/c1-13-8-6-7-9-14(13)10-16-11-15(19(24)25-20(2,3)4)12-17(22-16)18(23)21-5/h6-9,11-12H,10H2,1-5H3,(H,21,23). The molecule has 1 aromatic carbocycles. The number of carbonyl (C=O) groups is 2. The Hall–Kier alpha value is -2.69. The highest BCUT2D eigenvalue weighted by molar-refractivity contribution is 5.96. The summed E-state index contributed by atoms with van der Waals surface area (Å²) in [4.78, 5) is 28.8. The van der Waals surface area contributed by atoms with Crippen LogP contribution >= 0.6 is 0 Å². The van der Waals surface area contributed by atoms with Gasteiger partial charge in [0, 0.05) is 19.2 Å². The molecule has 0 radical (unpaired) electrons. The fourth-order valence-corrected chi connectivity index (χ4v) is 2.38. The topological polar surface area (TPSA) is 68.3 Å². The number of hydrogen-bond donors (Lipinski definition) is 1. The second-order valence-electron chi connectivity index (χ2n) is 6.92. The van der Waals surface area contributed by atoms with E-state index in [4.69, 9.17) is 4.74 Å². The van der Waals surface area contributed by atoms with E-state index >= 15 is 0 Å². The predicted molar refractivity (Wildman–Crippen MR) is 96.8 cm³/mol. The third-order valence-electron chi connectivity index (χ3n) is 3.61. The first-order chi connectivity index (χ1) is 11.7. The Balaban J connectivity index is 2.42. The summed E-state index contributed by atoms with van der Waals surface area (Å²) in [6.45, 7) is 7.44. The number of pyridine rings is 1. The molecule has 1 amide bonds. The zero-order valence-electron chi connectivity index (χ0n) is 15.3. The second kappa shape index (κ2) is 7.47. The summed E-state index contributed by atoms with van der Waals surface area (Å²) < 4.78 is 5.42. The number of aromatic nitrogens is 1. The summed E-state index contributed by atoms with van der Waals surface area (Å²) in [5, 5.41) is 2.54. The van der Waals surface area contributed by atoms with Crippen LogP contribution in [-0.2, 0) is 11.2 Å². The van der Waals surface area contributed by atoms with Crippen LogP contribution in [0.2, 0.25) is 0 Å². The lowest BCUT2D eigenvalue weighted by Crippen LogP contribution is -2.25. The minimum Gasteiger partial charge on any atom is -0.456 e. The average Bonchev–Trinajstić information content (AvgIpc) is 2.54. The maximum Gasteiger partial charge on any atom is 0.338 e. The minimum atomic E-state index is -0.607. The second-order valence-corrected chi connectivity index (χ2v) is 6.92. The highest BCUT2D eigenvalue weighted by Gasteiger charge is 2.20. The molecule has 0 spiro atoms. The Labute approximate surface area is 148 Å². The van der Waals surface area contributed by atoms with Crippen LogP contribution < -0.4 is 5.32 Å². The first-order valence-electron chi connectivity index (χ1n) is 8.20. The molecule has 0 saturated carbocycles. The number of hydrogen-bond acceptors (Lipinski definition) is 4. The van der Waals surface area contributed by atoms with Gasteiger partial charge in [-0.25, -0.2) is 9.78 Å². The molecule has 132 valence electrons. The van der Waals surface area contributed by atoms with E-state index in [2.05, 4.69) is 10.3 Å². The number of rotatable bonds is 4. The van der Waals surface area contributed by atoms with Crippen molar-refractivity contribution < 1.29 is 14.3 Å². The quantitative estimate of drug-likeness (QED) is 0.867. The molecule has 5 heteroatoms. The molecule has 0 atom stereocenters. The lowest BCUT2D eigenvalue weighted by molar-refractivity contribution is 0.00692. The van der Waals surface area contributed by atoms with E-state index in [9.17, 15) is 9.59 Å². The summed E-state index contributed by atoms with van der Waals surface area (Å²) in [7, 11) is 1.53. The van der Waals surface area contributed by atoms with Crippen LogP contribution in [-0.4, -0.2) is 29.5 Å². The lowest BCUT2D eigenvalue weighted by atomic mass is 10.0. The van der Waals surface area contributed by atoms with Crippen molar-refractivity contribution in [2.75, 3.05) is 7.05 Å². The van der Waals surface area contributed by atoms with E-state index in [1.54, 1.807) is 26.8 Å². The summed E-state index contributed by atoms with van der Waals surface area (Å²) in [5.74, 6) is -0.803. The molecule has 1 aromatic heterocycles. The third-order valence-corrected chi connectivity index (χ3v) is 3.61. The van der Waals surface area contributed by atoms with Gasteiger partial charge in [0.2, 0.25) is 0 Å². The maximum atomic E-state index is 12.4. The molecule has 5 nitrogen and oxygen atoms in total. The molecule has 1 N–H and O–H groups in total. The number of nitrogens with zero attached hydrogens (tertiary/aromatic N) is 1. The Bertz CT molecular complexity index is 792. The summed E-state index contributed by atoms with van der Waals surface area (Å²) in [5.41, 5.74) is 2.80. The monoisotopic (exact) mass is 340 g/mol. The zero-order chi connectivity index (χ0) is 18.6. The van der Waals surface area contributed by atoms with Crippen molar-refractivity contribution in [2.45, 2.75) is 39.7 Å². The molecule has 0 bridgehead atoms. The molecule has 0 aliphatic heterocycles. The van der Waals surface area contributed by atoms with Gasteiger partial charge in [0.05, 0.1) is 5.56 Å². The molecular weight excluding hydrogens is 316 g/mol. The molecule has 0 unspecified atom stereocenters. The van der Waals surface area contributed by atoms with Crippen molar-refractivity contribution in [3.05, 3.63) is 64.5 Å². The van der Waals surface area contributed by atoms with Gasteiger partial charge in [-0.3, -0.25) is 4.79 Å². The summed E-state index contributed by atoms with van der Waals surface area (Å²) >= 11 is 0. The third kappa shape index (κ3) is 5.14. The molecule has 2 rings (SSSR count). The SMILES string of the molecule is CNC(=O)c1cc(C(=O)OC(C)(C)C)cc(Cc2ccccc2C)n1. The van der Waals surface area contributed by atoms with Crippen LogP contribution in [0.3, 0.4) is 0 Å². The van der Waals surface area contributed by atoms with Gasteiger partial charge >= 0.3 is 5.97 Å². The first-order valence-corrected chi connectivity index (χ1v) is 8.20. The van der Waals surface area contributed by atoms with Gasteiger partial charge in [0.1, 0.15) is 11.3 Å². The smallest absolute Gasteiger partial charge is 0.338 e. The Kier molecular flexibility index (Phi) is 5.57. The van der Waals surface area contributed by atoms with Crippen LogP contribution in [0.25, 0.3) is 0 Å². The summed E-state index contributed by atoms with van der Waals surface area (Å²) in [6, 6.07) is 11.1. The van der Waals surface area contributed by atoms with Crippen LogP contribution in [0.5, 0.6) is 0 Å². The molecule has 25 heavy (non-hydrogen) atoms. The van der Waals surface area contributed by atoms with Crippen molar-refractivity contribution in [1.29, 1.82) is 0 Å². The van der Waals surface area contributed by atoms with Crippen LogP contribution in [0.15, 0.2) is 36.4 Å². The molecule has 2 aromatic rings. The number of aryl methyl sites for hydroxylation is 1. The molecular formula is C20H24N2O3. The van der Waals surface area contributed by atoms with Crippen molar-refractivity contribution in [3.63, 3.8) is 0 Å². The van der Waals surface area contributed by atoms with E-state index in [0.717, 1.165) is 11.1 Å². The molecule has 0 saturated heterocycles. The number of carbonyl (C=O) groups excluding carboxylic acids is 2. The number of nitrogens with one attached hydrogen (secondary N) is 1. The Morgan fingerprint density at radius 1 is 1.16 bits per heavy atom. The normalized spacial score (nSPS) is 11.1. The highest BCUT2D eigenvalue weighted by atomic mass is 16.6. The largest absolute Gasteiger partial charge is 0.456 e. The summed E-state index contributed by atoms with van der Waals surface area (Å²) in [6.07, 6.45) is 0.535. The van der Waals surface area contributed by atoms with Crippen LogP contribution in [0.4, 0.5) is 0 Å². The fourth-order valence-electron chi connectivity index (χ4n) is 2.38. The van der Waals surface area contributed by atoms with Gasteiger partial charge in [0.15, 0.2) is 0 Å².